The number of methoxy groups -OCH3 is 2. The molecule has 2 aliphatic rings. The molecule has 1 atom stereocenters. The normalized spacial score (nSPS) is 16.5. The first kappa shape index (κ1) is 18.0. The van der Waals surface area contributed by atoms with Gasteiger partial charge in [0, 0.05) is 22.6 Å². The van der Waals surface area contributed by atoms with Crippen molar-refractivity contribution in [1.82, 2.24) is 9.97 Å². The van der Waals surface area contributed by atoms with Gasteiger partial charge < -0.3 is 20.5 Å². The number of ether oxygens (including phenoxy) is 2. The van der Waals surface area contributed by atoms with Crippen LogP contribution in [0.5, 0.6) is 11.5 Å². The number of fused-ring (bicyclic) bond motifs is 3. The summed E-state index contributed by atoms with van der Waals surface area (Å²) in [5, 5.41) is 3.17. The van der Waals surface area contributed by atoms with Gasteiger partial charge in [0.15, 0.2) is 17.3 Å². The molecular formula is C22H18N4O4. The molecule has 0 bridgehead atoms. The topological polar surface area (TPSA) is 119 Å². The lowest BCUT2D eigenvalue weighted by atomic mass is 9.81. The number of anilines is 2. The summed E-state index contributed by atoms with van der Waals surface area (Å²) >= 11 is 0. The largest absolute Gasteiger partial charge is 0.493 e. The summed E-state index contributed by atoms with van der Waals surface area (Å²) < 4.78 is 10.8. The van der Waals surface area contributed by atoms with Crippen LogP contribution in [0.3, 0.4) is 0 Å². The number of aromatic nitrogens is 2. The Hall–Kier alpha value is -4.07. The van der Waals surface area contributed by atoms with E-state index in [9.17, 15) is 9.59 Å². The van der Waals surface area contributed by atoms with Gasteiger partial charge in [0.2, 0.25) is 5.95 Å². The Kier molecular flexibility index (Phi) is 3.89. The molecule has 0 saturated carbocycles. The Labute approximate surface area is 171 Å². The van der Waals surface area contributed by atoms with Crippen molar-refractivity contribution in [1.29, 1.82) is 0 Å². The van der Waals surface area contributed by atoms with E-state index in [1.54, 1.807) is 25.3 Å². The van der Waals surface area contributed by atoms with E-state index in [1.165, 1.54) is 7.11 Å². The molecular weight excluding hydrogens is 384 g/mol. The van der Waals surface area contributed by atoms with E-state index in [1.807, 2.05) is 24.3 Å². The third-order valence-electron chi connectivity index (χ3n) is 5.49. The van der Waals surface area contributed by atoms with E-state index in [2.05, 4.69) is 15.3 Å². The first-order valence-electron chi connectivity index (χ1n) is 9.30. The lowest BCUT2D eigenvalue weighted by Crippen LogP contribution is -2.28. The number of aromatic amines is 1. The smallest absolute Gasteiger partial charge is 0.258 e. The SMILES string of the molecule is COc1ccc([C@@H]2C3=C(Nc4nc(N)[nH]c(=O)c42)c2ccccc2C3=O)cc1OC. The highest BCUT2D eigenvalue weighted by molar-refractivity contribution is 6.23. The number of ketones is 1. The van der Waals surface area contributed by atoms with Gasteiger partial charge in [-0.1, -0.05) is 30.3 Å². The van der Waals surface area contributed by atoms with Crippen molar-refractivity contribution in [3.05, 3.63) is 80.6 Å². The predicted octanol–water partition coefficient (Wildman–Crippen LogP) is 2.53. The molecule has 2 heterocycles. The standard InChI is InChI=1S/C22H18N4O4/c1-29-13-8-7-10(9-14(13)30-2)15-16-18(11-5-3-4-6-12(11)19(16)27)24-20-17(15)21(28)26-22(23)25-20/h3-9,15H,1-2H3,(H4,23,24,25,26,28)/t15-/m1/s1. The van der Waals surface area contributed by atoms with Crippen LogP contribution in [0.4, 0.5) is 11.8 Å². The average Bonchev–Trinajstić information content (AvgIpc) is 3.03. The number of carbonyl (C=O) groups excluding carboxylic acids is 1. The monoisotopic (exact) mass is 402 g/mol. The molecule has 3 aromatic rings. The van der Waals surface area contributed by atoms with Crippen LogP contribution in [0.15, 0.2) is 52.8 Å². The molecule has 0 amide bonds. The summed E-state index contributed by atoms with van der Waals surface area (Å²) in [6, 6.07) is 12.7. The number of Topliss-reactive ketones (excluding diaryl/α,β-unsaturated/α-hetero) is 1. The maximum Gasteiger partial charge on any atom is 0.258 e. The molecule has 8 heteroatoms. The number of benzene rings is 2. The minimum absolute atomic E-state index is 0.000954. The Bertz CT molecular complexity index is 1310. The van der Waals surface area contributed by atoms with E-state index in [0.29, 0.717) is 45.3 Å². The highest BCUT2D eigenvalue weighted by Gasteiger charge is 2.42. The Balaban J connectivity index is 1.80. The number of H-pyrrole nitrogens is 1. The first-order valence-corrected chi connectivity index (χ1v) is 9.30. The zero-order valence-corrected chi connectivity index (χ0v) is 16.3. The molecule has 150 valence electrons. The van der Waals surface area contributed by atoms with Gasteiger partial charge in [-0.2, -0.15) is 4.98 Å². The molecule has 0 fully saturated rings. The molecule has 1 aromatic heterocycles. The van der Waals surface area contributed by atoms with E-state index in [-0.39, 0.29) is 11.7 Å². The second kappa shape index (κ2) is 6.48. The molecule has 0 saturated heterocycles. The zero-order valence-electron chi connectivity index (χ0n) is 16.3. The first-order chi connectivity index (χ1) is 14.5. The predicted molar refractivity (Wildman–Crippen MR) is 112 cm³/mol. The number of rotatable bonds is 3. The third-order valence-corrected chi connectivity index (χ3v) is 5.49. The van der Waals surface area contributed by atoms with Crippen LogP contribution < -0.4 is 26.1 Å². The lowest BCUT2D eigenvalue weighted by Gasteiger charge is -2.27. The number of nitrogens with two attached hydrogens (primary N) is 1. The van der Waals surface area contributed by atoms with Crippen LogP contribution in [0.25, 0.3) is 5.70 Å². The summed E-state index contributed by atoms with van der Waals surface area (Å²) in [6.07, 6.45) is 0. The molecule has 0 radical (unpaired) electrons. The van der Waals surface area contributed by atoms with Gasteiger partial charge in [-0.15, -0.1) is 0 Å². The number of carbonyl (C=O) groups is 1. The van der Waals surface area contributed by atoms with Crippen LogP contribution in [0, 0.1) is 0 Å². The molecule has 2 aromatic carbocycles. The van der Waals surface area contributed by atoms with Gasteiger partial charge in [0.05, 0.1) is 25.5 Å². The second-order valence-corrected chi connectivity index (χ2v) is 7.05. The van der Waals surface area contributed by atoms with Crippen LogP contribution in [0.2, 0.25) is 0 Å². The van der Waals surface area contributed by atoms with Crippen molar-refractivity contribution in [2.24, 2.45) is 0 Å². The van der Waals surface area contributed by atoms with Crippen molar-refractivity contribution in [3.63, 3.8) is 0 Å². The fourth-order valence-corrected chi connectivity index (χ4v) is 4.20. The van der Waals surface area contributed by atoms with Crippen molar-refractivity contribution in [3.8, 4) is 11.5 Å². The number of nitrogen functional groups attached to an aromatic ring is 1. The molecule has 4 N–H and O–H groups in total. The highest BCUT2D eigenvalue weighted by Crippen LogP contribution is 2.48. The fraction of sp³-hybridized carbons (Fsp3) is 0.136. The van der Waals surface area contributed by atoms with Gasteiger partial charge >= 0.3 is 0 Å². The Morgan fingerprint density at radius 3 is 2.47 bits per heavy atom. The summed E-state index contributed by atoms with van der Waals surface area (Å²) in [5.74, 6) is 0.607. The molecule has 1 aliphatic heterocycles. The average molecular weight is 402 g/mol. The number of allylic oxidation sites excluding steroid dienone is 1. The Morgan fingerprint density at radius 1 is 1.00 bits per heavy atom. The molecule has 0 spiro atoms. The van der Waals surface area contributed by atoms with E-state index >= 15 is 0 Å². The van der Waals surface area contributed by atoms with Gasteiger partial charge in [0.25, 0.3) is 5.56 Å². The summed E-state index contributed by atoms with van der Waals surface area (Å²) in [5.41, 5.74) is 8.91. The minimum atomic E-state index is -0.646. The molecule has 0 unspecified atom stereocenters. The van der Waals surface area contributed by atoms with E-state index < -0.39 is 11.5 Å². The summed E-state index contributed by atoms with van der Waals surface area (Å²) in [6.45, 7) is 0. The van der Waals surface area contributed by atoms with Crippen molar-refractivity contribution >= 4 is 23.2 Å². The number of hydrogen-bond donors (Lipinski definition) is 3. The molecule has 5 rings (SSSR count). The quantitative estimate of drug-likeness (QED) is 0.616. The van der Waals surface area contributed by atoms with Crippen molar-refractivity contribution in [2.75, 3.05) is 25.3 Å². The number of nitrogens with zero attached hydrogens (tertiary/aromatic N) is 1. The second-order valence-electron chi connectivity index (χ2n) is 7.05. The molecule has 1 aliphatic carbocycles. The fourth-order valence-electron chi connectivity index (χ4n) is 4.20. The summed E-state index contributed by atoms with van der Waals surface area (Å²) in [7, 11) is 3.08. The molecule has 30 heavy (non-hydrogen) atoms. The van der Waals surface area contributed by atoms with Crippen LogP contribution in [0.1, 0.15) is 33.0 Å². The zero-order chi connectivity index (χ0) is 21.0. The third kappa shape index (κ3) is 2.43. The van der Waals surface area contributed by atoms with Gasteiger partial charge in [0.1, 0.15) is 5.82 Å². The lowest BCUT2D eigenvalue weighted by molar-refractivity contribution is 0.103. The van der Waals surface area contributed by atoms with Gasteiger partial charge in [-0.25, -0.2) is 0 Å². The Morgan fingerprint density at radius 2 is 1.73 bits per heavy atom. The van der Waals surface area contributed by atoms with Crippen LogP contribution in [-0.4, -0.2) is 30.0 Å². The van der Waals surface area contributed by atoms with E-state index in [0.717, 1.165) is 5.56 Å². The summed E-state index contributed by atoms with van der Waals surface area (Å²) in [4.78, 5) is 33.1. The van der Waals surface area contributed by atoms with Gasteiger partial charge in [-0.05, 0) is 17.7 Å². The van der Waals surface area contributed by atoms with Crippen LogP contribution in [-0.2, 0) is 0 Å². The number of nitrogens with one attached hydrogen (secondary N) is 2. The maximum atomic E-state index is 13.4. The van der Waals surface area contributed by atoms with Crippen molar-refractivity contribution in [2.45, 2.75) is 5.92 Å². The minimum Gasteiger partial charge on any atom is -0.493 e. The van der Waals surface area contributed by atoms with Crippen LogP contribution >= 0.6 is 0 Å². The maximum absolute atomic E-state index is 13.4. The highest BCUT2D eigenvalue weighted by atomic mass is 16.5. The van der Waals surface area contributed by atoms with E-state index in [4.69, 9.17) is 15.2 Å². The van der Waals surface area contributed by atoms with Gasteiger partial charge in [-0.3, -0.25) is 14.6 Å². The molecule has 8 nitrogen and oxygen atoms in total. The van der Waals surface area contributed by atoms with Crippen molar-refractivity contribution < 1.29 is 14.3 Å². The number of hydrogen-bond acceptors (Lipinski definition) is 7.